The monoisotopic (exact) mass is 360 g/mol. The van der Waals surface area contributed by atoms with Crippen molar-refractivity contribution in [3.05, 3.63) is 28.5 Å². The Morgan fingerprint density at radius 1 is 1.40 bits per heavy atom. The van der Waals surface area contributed by atoms with E-state index >= 15 is 0 Å². The van der Waals surface area contributed by atoms with Crippen molar-refractivity contribution in [1.82, 2.24) is 9.55 Å². The summed E-state index contributed by atoms with van der Waals surface area (Å²) in [6.45, 7) is 1.19. The quantitative estimate of drug-likeness (QED) is 0.805. The van der Waals surface area contributed by atoms with Crippen LogP contribution in [0.4, 0.5) is 0 Å². The number of ether oxygens (including phenoxy) is 1. The lowest BCUT2D eigenvalue weighted by atomic mass is 10.3. The predicted octanol–water partition coefficient (Wildman–Crippen LogP) is 2.96. The van der Waals surface area contributed by atoms with Gasteiger partial charge in [0.25, 0.3) is 0 Å². The second-order valence-electron chi connectivity index (χ2n) is 5.61. The van der Waals surface area contributed by atoms with Crippen molar-refractivity contribution in [2.45, 2.75) is 13.3 Å². The number of aliphatic hydroxyl groups excluding tert-OH is 1. The maximum absolute atomic E-state index is 9.28. The lowest BCUT2D eigenvalue weighted by Gasteiger charge is -2.24. The van der Waals surface area contributed by atoms with E-state index in [2.05, 4.69) is 39.7 Å². The van der Waals surface area contributed by atoms with Gasteiger partial charge >= 0.3 is 0 Å². The minimum atomic E-state index is -0.513. The minimum Gasteiger partial charge on any atom is -0.390 e. The van der Waals surface area contributed by atoms with Crippen LogP contribution < -0.4 is 0 Å². The second-order valence-corrected chi connectivity index (χ2v) is 11.0. The SMILES string of the molecule is CS(C)(C)CCOCn1ccc2cc(Br)c(CO)nc21. The topological polar surface area (TPSA) is 47.3 Å². The largest absolute Gasteiger partial charge is 0.390 e. The minimum absolute atomic E-state index is 0.0735. The molecule has 0 bridgehead atoms. The van der Waals surface area contributed by atoms with Crippen LogP contribution in [-0.4, -0.2) is 45.8 Å². The molecule has 0 saturated carbocycles. The molecule has 0 spiro atoms. The predicted molar refractivity (Wildman–Crippen MR) is 89.5 cm³/mol. The van der Waals surface area contributed by atoms with E-state index in [0.717, 1.165) is 27.9 Å². The average Bonchev–Trinajstić information content (AvgIpc) is 2.74. The van der Waals surface area contributed by atoms with Crippen molar-refractivity contribution in [3.8, 4) is 0 Å². The number of aliphatic hydroxyl groups is 1. The summed E-state index contributed by atoms with van der Waals surface area (Å²) in [7, 11) is -0.513. The zero-order valence-corrected chi connectivity index (χ0v) is 14.5. The van der Waals surface area contributed by atoms with Crippen molar-refractivity contribution >= 4 is 37.0 Å². The van der Waals surface area contributed by atoms with Crippen LogP contribution in [0.5, 0.6) is 0 Å². The van der Waals surface area contributed by atoms with Gasteiger partial charge in [0, 0.05) is 21.8 Å². The third-order valence-corrected chi connectivity index (χ3v) is 5.06. The summed E-state index contributed by atoms with van der Waals surface area (Å²) >= 11 is 3.41. The fraction of sp³-hybridized carbons (Fsp3) is 0.500. The molecule has 0 aliphatic carbocycles. The Bertz CT molecular complexity index is 593. The van der Waals surface area contributed by atoms with Gasteiger partial charge in [-0.05, 0) is 46.8 Å². The molecule has 0 fully saturated rings. The first kappa shape index (κ1) is 15.8. The smallest absolute Gasteiger partial charge is 0.142 e. The number of halogens is 1. The molecule has 0 aliphatic rings. The van der Waals surface area contributed by atoms with Crippen LogP contribution in [0.2, 0.25) is 0 Å². The average molecular weight is 361 g/mol. The van der Waals surface area contributed by atoms with E-state index in [-0.39, 0.29) is 6.61 Å². The zero-order valence-electron chi connectivity index (χ0n) is 12.1. The highest BCUT2D eigenvalue weighted by atomic mass is 79.9. The molecule has 0 unspecified atom stereocenters. The summed E-state index contributed by atoms with van der Waals surface area (Å²) < 4.78 is 8.54. The Morgan fingerprint density at radius 3 is 2.80 bits per heavy atom. The summed E-state index contributed by atoms with van der Waals surface area (Å²) in [6, 6.07) is 3.98. The number of fused-ring (bicyclic) bond motifs is 1. The van der Waals surface area contributed by atoms with Crippen LogP contribution >= 0.6 is 26.0 Å². The van der Waals surface area contributed by atoms with Crippen LogP contribution in [0.3, 0.4) is 0 Å². The summed E-state index contributed by atoms with van der Waals surface area (Å²) in [5.41, 5.74) is 1.50. The molecule has 0 amide bonds. The van der Waals surface area contributed by atoms with Crippen molar-refractivity contribution in [3.63, 3.8) is 0 Å². The highest BCUT2D eigenvalue weighted by molar-refractivity contribution is 9.10. The molecule has 2 rings (SSSR count). The summed E-state index contributed by atoms with van der Waals surface area (Å²) in [4.78, 5) is 4.47. The molecule has 20 heavy (non-hydrogen) atoms. The highest BCUT2D eigenvalue weighted by Crippen LogP contribution is 2.33. The Morgan fingerprint density at radius 2 is 2.15 bits per heavy atom. The molecule has 1 N–H and O–H groups in total. The first-order valence-corrected chi connectivity index (χ1v) is 10.2. The maximum atomic E-state index is 9.28. The van der Waals surface area contributed by atoms with Gasteiger partial charge in [-0.3, -0.25) is 0 Å². The van der Waals surface area contributed by atoms with Gasteiger partial charge in [0.15, 0.2) is 0 Å². The summed E-state index contributed by atoms with van der Waals surface area (Å²) in [6.07, 6.45) is 8.82. The third-order valence-electron chi connectivity index (χ3n) is 2.98. The van der Waals surface area contributed by atoms with Gasteiger partial charge in [0.05, 0.1) is 18.9 Å². The van der Waals surface area contributed by atoms with Crippen LogP contribution in [0, 0.1) is 0 Å². The number of nitrogens with zero attached hydrogens (tertiary/aromatic N) is 2. The first-order chi connectivity index (χ1) is 9.40. The first-order valence-electron chi connectivity index (χ1n) is 6.39. The van der Waals surface area contributed by atoms with Crippen LogP contribution in [0.15, 0.2) is 22.8 Å². The third kappa shape index (κ3) is 3.97. The fourth-order valence-corrected chi connectivity index (χ4v) is 2.89. The fourth-order valence-electron chi connectivity index (χ4n) is 1.81. The molecule has 2 heterocycles. The number of hydrogen-bond acceptors (Lipinski definition) is 3. The lowest BCUT2D eigenvalue weighted by molar-refractivity contribution is 0.0923. The van der Waals surface area contributed by atoms with Crippen molar-refractivity contribution < 1.29 is 9.84 Å². The molecule has 0 atom stereocenters. The van der Waals surface area contributed by atoms with Gasteiger partial charge < -0.3 is 14.4 Å². The molecular weight excluding hydrogens is 340 g/mol. The highest BCUT2D eigenvalue weighted by Gasteiger charge is 2.08. The molecule has 4 nitrogen and oxygen atoms in total. The van der Waals surface area contributed by atoms with E-state index in [9.17, 15) is 5.11 Å². The van der Waals surface area contributed by atoms with Gasteiger partial charge in [0.1, 0.15) is 12.4 Å². The normalized spacial score (nSPS) is 13.1. The molecule has 6 heteroatoms. The van der Waals surface area contributed by atoms with Crippen molar-refractivity contribution in [2.75, 3.05) is 31.1 Å². The molecule has 0 saturated heterocycles. The number of hydrogen-bond donors (Lipinski definition) is 1. The van der Waals surface area contributed by atoms with Crippen LogP contribution in [0.25, 0.3) is 11.0 Å². The molecule has 112 valence electrons. The van der Waals surface area contributed by atoms with E-state index in [0.29, 0.717) is 12.4 Å². The van der Waals surface area contributed by atoms with Crippen molar-refractivity contribution in [1.29, 1.82) is 0 Å². The van der Waals surface area contributed by atoms with Gasteiger partial charge in [-0.25, -0.2) is 15.0 Å². The van der Waals surface area contributed by atoms with E-state index < -0.39 is 10.0 Å². The Kier molecular flexibility index (Phi) is 5.12. The second kappa shape index (κ2) is 6.47. The van der Waals surface area contributed by atoms with Gasteiger partial charge in [-0.2, -0.15) is 0 Å². The molecular formula is C14H21BrN2O2S. The summed E-state index contributed by atoms with van der Waals surface area (Å²) in [5, 5.41) is 10.3. The number of rotatable bonds is 6. The molecule has 0 radical (unpaired) electrons. The summed E-state index contributed by atoms with van der Waals surface area (Å²) in [5.74, 6) is 1.10. The maximum Gasteiger partial charge on any atom is 0.142 e. The van der Waals surface area contributed by atoms with E-state index in [1.807, 2.05) is 22.9 Å². The zero-order chi connectivity index (χ0) is 14.8. The molecule has 0 aromatic carbocycles. The molecule has 2 aromatic rings. The Hall–Kier alpha value is -0.560. The van der Waals surface area contributed by atoms with Gasteiger partial charge in [-0.15, -0.1) is 0 Å². The van der Waals surface area contributed by atoms with Gasteiger partial charge in [-0.1, -0.05) is 0 Å². The van der Waals surface area contributed by atoms with E-state index in [1.54, 1.807) is 0 Å². The Balaban J connectivity index is 2.07. The van der Waals surface area contributed by atoms with E-state index in [1.165, 1.54) is 0 Å². The van der Waals surface area contributed by atoms with Gasteiger partial charge in [0.2, 0.25) is 0 Å². The number of aromatic nitrogens is 2. The molecule has 0 aliphatic heterocycles. The standard InChI is InChI=1S/C14H21BrN2O2S/c1-20(2,3)7-6-19-10-17-5-4-11-8-12(15)13(9-18)16-14(11)17/h4-5,8,18H,6-7,9-10H2,1-3H3. The van der Waals surface area contributed by atoms with Crippen LogP contribution in [0.1, 0.15) is 5.69 Å². The van der Waals surface area contributed by atoms with E-state index in [4.69, 9.17) is 4.74 Å². The van der Waals surface area contributed by atoms with Crippen LogP contribution in [-0.2, 0) is 18.1 Å². The lowest BCUT2D eigenvalue weighted by Crippen LogP contribution is -2.10. The van der Waals surface area contributed by atoms with Crippen molar-refractivity contribution in [2.24, 2.45) is 0 Å². The molecule has 2 aromatic heterocycles. The Labute approximate surface area is 129 Å². The number of pyridine rings is 1.